The summed E-state index contributed by atoms with van der Waals surface area (Å²) in [6, 6.07) is 8.68. The molecule has 100 valence electrons. The van der Waals surface area contributed by atoms with Gasteiger partial charge < -0.3 is 5.73 Å². The lowest BCUT2D eigenvalue weighted by molar-refractivity contribution is 0.571. The predicted molar refractivity (Wildman–Crippen MR) is 82.0 cm³/mol. The number of hydrogen-bond donors (Lipinski definition) is 1. The quantitative estimate of drug-likeness (QED) is 0.827. The summed E-state index contributed by atoms with van der Waals surface area (Å²) in [5, 5.41) is 0. The lowest BCUT2D eigenvalue weighted by Gasteiger charge is -2.08. The average molecular weight is 266 g/mol. The number of hydrogen-bond acceptors (Lipinski definition) is 1. The van der Waals surface area contributed by atoms with Crippen LogP contribution in [0.25, 0.3) is 0 Å². The number of rotatable bonds is 3. The van der Waals surface area contributed by atoms with E-state index in [1.807, 2.05) is 0 Å². The number of benzene rings is 1. The maximum Gasteiger partial charge on any atom is 0.0245 e. The lowest BCUT2D eigenvalue weighted by Crippen LogP contribution is -2.21. The van der Waals surface area contributed by atoms with Gasteiger partial charge in [0.1, 0.15) is 0 Å². The summed E-state index contributed by atoms with van der Waals surface area (Å²) >= 11 is 0. The van der Waals surface area contributed by atoms with Gasteiger partial charge in [-0.1, -0.05) is 30.9 Å². The molecule has 0 aliphatic heterocycles. The summed E-state index contributed by atoms with van der Waals surface area (Å²) in [6.45, 7) is 8.48. The van der Waals surface area contributed by atoms with Crippen LogP contribution in [0, 0.1) is 17.3 Å². The zero-order chi connectivity index (χ0) is 12.9. The summed E-state index contributed by atoms with van der Waals surface area (Å²) in [7, 11) is 0. The van der Waals surface area contributed by atoms with Gasteiger partial charge in [-0.2, -0.15) is 0 Å². The van der Waals surface area contributed by atoms with E-state index in [0.717, 1.165) is 18.4 Å². The van der Waals surface area contributed by atoms with Crippen LogP contribution in [-0.2, 0) is 6.42 Å². The molecule has 0 saturated heterocycles. The van der Waals surface area contributed by atoms with E-state index in [4.69, 9.17) is 5.73 Å². The average Bonchev–Trinajstić information content (AvgIpc) is 2.27. The van der Waals surface area contributed by atoms with E-state index in [1.54, 1.807) is 0 Å². The first-order chi connectivity index (χ1) is 7.90. The fourth-order valence-corrected chi connectivity index (χ4v) is 1.43. The van der Waals surface area contributed by atoms with Crippen molar-refractivity contribution in [3.05, 3.63) is 35.4 Å². The van der Waals surface area contributed by atoms with Crippen molar-refractivity contribution >= 4 is 12.4 Å². The Labute approximate surface area is 118 Å². The van der Waals surface area contributed by atoms with Crippen LogP contribution in [0.15, 0.2) is 24.3 Å². The van der Waals surface area contributed by atoms with Crippen molar-refractivity contribution in [2.24, 2.45) is 11.1 Å². The summed E-state index contributed by atoms with van der Waals surface area (Å²) in [4.78, 5) is 0. The van der Waals surface area contributed by atoms with Gasteiger partial charge in [-0.25, -0.2) is 0 Å². The topological polar surface area (TPSA) is 26.0 Å². The largest absolute Gasteiger partial charge is 0.327 e. The molecule has 1 atom stereocenters. The molecule has 0 fully saturated rings. The zero-order valence-corrected chi connectivity index (χ0v) is 12.6. The Morgan fingerprint density at radius 3 is 2.17 bits per heavy atom. The van der Waals surface area contributed by atoms with Crippen molar-refractivity contribution in [3.63, 3.8) is 0 Å². The van der Waals surface area contributed by atoms with Gasteiger partial charge in [-0.15, -0.1) is 12.4 Å². The van der Waals surface area contributed by atoms with Crippen molar-refractivity contribution in [2.45, 2.75) is 46.6 Å². The third-order valence-electron chi connectivity index (χ3n) is 2.56. The standard InChI is InChI=1S/C16H23N.ClH/c1-5-15(17)12-14-8-6-13(7-9-14)10-11-16(2,3)4;/h6-9,15H,5,12,17H2,1-4H3;1H. The van der Waals surface area contributed by atoms with Crippen molar-refractivity contribution in [1.29, 1.82) is 0 Å². The van der Waals surface area contributed by atoms with Crippen LogP contribution in [0.5, 0.6) is 0 Å². The van der Waals surface area contributed by atoms with Crippen molar-refractivity contribution in [3.8, 4) is 11.8 Å². The van der Waals surface area contributed by atoms with E-state index in [2.05, 4.69) is 63.8 Å². The summed E-state index contributed by atoms with van der Waals surface area (Å²) in [5.74, 6) is 6.43. The highest BCUT2D eigenvalue weighted by Gasteiger charge is 2.04. The molecule has 0 radical (unpaired) electrons. The van der Waals surface area contributed by atoms with Crippen LogP contribution in [0.4, 0.5) is 0 Å². The van der Waals surface area contributed by atoms with Gasteiger partial charge in [0.2, 0.25) is 0 Å². The molecule has 0 aromatic heterocycles. The fraction of sp³-hybridized carbons (Fsp3) is 0.500. The molecular formula is C16H24ClN. The van der Waals surface area contributed by atoms with E-state index in [0.29, 0.717) is 0 Å². The van der Waals surface area contributed by atoms with Crippen LogP contribution in [0.2, 0.25) is 0 Å². The van der Waals surface area contributed by atoms with Gasteiger partial charge in [-0.05, 0) is 51.3 Å². The minimum atomic E-state index is 0. The van der Waals surface area contributed by atoms with Gasteiger partial charge in [0.25, 0.3) is 0 Å². The third-order valence-corrected chi connectivity index (χ3v) is 2.56. The Kier molecular flexibility index (Phi) is 7.06. The first-order valence-corrected chi connectivity index (χ1v) is 6.28. The molecule has 0 aliphatic carbocycles. The number of nitrogens with two attached hydrogens (primary N) is 1. The second-order valence-corrected chi connectivity index (χ2v) is 5.57. The van der Waals surface area contributed by atoms with Crippen LogP contribution < -0.4 is 5.73 Å². The minimum absolute atomic E-state index is 0. The predicted octanol–water partition coefficient (Wildman–Crippen LogP) is 3.79. The van der Waals surface area contributed by atoms with Crippen LogP contribution >= 0.6 is 12.4 Å². The molecule has 0 aliphatic rings. The molecule has 0 heterocycles. The highest BCUT2D eigenvalue weighted by atomic mass is 35.5. The SMILES string of the molecule is CCC(N)Cc1ccc(C#CC(C)(C)C)cc1.Cl. The molecule has 2 heteroatoms. The first-order valence-electron chi connectivity index (χ1n) is 6.28. The maximum absolute atomic E-state index is 5.93. The molecule has 1 aromatic carbocycles. The highest BCUT2D eigenvalue weighted by molar-refractivity contribution is 5.85. The van der Waals surface area contributed by atoms with Crippen LogP contribution in [0.3, 0.4) is 0 Å². The Balaban J connectivity index is 0.00000289. The molecule has 0 bridgehead atoms. The van der Waals surface area contributed by atoms with E-state index in [-0.39, 0.29) is 23.9 Å². The number of halogens is 1. The van der Waals surface area contributed by atoms with Gasteiger partial charge in [-0.3, -0.25) is 0 Å². The van der Waals surface area contributed by atoms with Crippen molar-refractivity contribution < 1.29 is 0 Å². The summed E-state index contributed by atoms with van der Waals surface area (Å²) < 4.78 is 0. The second-order valence-electron chi connectivity index (χ2n) is 5.57. The second kappa shape index (κ2) is 7.46. The Hall–Kier alpha value is -0.970. The van der Waals surface area contributed by atoms with Gasteiger partial charge >= 0.3 is 0 Å². The van der Waals surface area contributed by atoms with Gasteiger partial charge in [0.15, 0.2) is 0 Å². The Morgan fingerprint density at radius 1 is 1.17 bits per heavy atom. The summed E-state index contributed by atoms with van der Waals surface area (Å²) in [6.07, 6.45) is 1.97. The van der Waals surface area contributed by atoms with E-state index >= 15 is 0 Å². The van der Waals surface area contributed by atoms with E-state index < -0.39 is 0 Å². The molecule has 0 amide bonds. The smallest absolute Gasteiger partial charge is 0.0245 e. The molecular weight excluding hydrogens is 242 g/mol. The van der Waals surface area contributed by atoms with Crippen molar-refractivity contribution in [1.82, 2.24) is 0 Å². The third kappa shape index (κ3) is 6.69. The molecule has 2 N–H and O–H groups in total. The fourth-order valence-electron chi connectivity index (χ4n) is 1.43. The molecule has 0 saturated carbocycles. The lowest BCUT2D eigenvalue weighted by atomic mass is 9.97. The van der Waals surface area contributed by atoms with Gasteiger partial charge in [0, 0.05) is 17.0 Å². The van der Waals surface area contributed by atoms with Gasteiger partial charge in [0.05, 0.1) is 0 Å². The van der Waals surface area contributed by atoms with E-state index in [9.17, 15) is 0 Å². The molecule has 1 nitrogen and oxygen atoms in total. The van der Waals surface area contributed by atoms with Crippen LogP contribution in [-0.4, -0.2) is 6.04 Å². The molecule has 1 rings (SSSR count). The minimum Gasteiger partial charge on any atom is -0.327 e. The monoisotopic (exact) mass is 265 g/mol. The van der Waals surface area contributed by atoms with Crippen molar-refractivity contribution in [2.75, 3.05) is 0 Å². The molecule has 1 unspecified atom stereocenters. The maximum atomic E-state index is 5.93. The Morgan fingerprint density at radius 2 is 1.72 bits per heavy atom. The summed E-state index contributed by atoms with van der Waals surface area (Å²) in [5.41, 5.74) is 8.36. The molecule has 1 aromatic rings. The first kappa shape index (κ1) is 17.0. The van der Waals surface area contributed by atoms with Crippen LogP contribution in [0.1, 0.15) is 45.2 Å². The Bertz CT molecular complexity index is 403. The molecule has 18 heavy (non-hydrogen) atoms. The zero-order valence-electron chi connectivity index (χ0n) is 11.8. The normalized spacial score (nSPS) is 12.1. The van der Waals surface area contributed by atoms with E-state index in [1.165, 1.54) is 5.56 Å². The highest BCUT2D eigenvalue weighted by Crippen LogP contribution is 2.11. The molecule has 0 spiro atoms.